The number of hydrogen-bond donors (Lipinski definition) is 2. The molecule has 0 aliphatic heterocycles. The van der Waals surface area contributed by atoms with Crippen molar-refractivity contribution < 1.29 is 19.1 Å². The molecular formula is C23H21N3O4. The molecule has 0 aliphatic rings. The molecule has 0 aliphatic carbocycles. The minimum absolute atomic E-state index is 0.448. The van der Waals surface area contributed by atoms with Crippen LogP contribution in [0.1, 0.15) is 11.1 Å². The Balaban J connectivity index is 1.50. The van der Waals surface area contributed by atoms with Crippen LogP contribution in [0.5, 0.6) is 11.5 Å². The molecule has 2 amide bonds. The minimum atomic E-state index is -0.876. The van der Waals surface area contributed by atoms with Gasteiger partial charge in [-0.05, 0) is 47.5 Å². The van der Waals surface area contributed by atoms with Crippen LogP contribution in [0.25, 0.3) is 0 Å². The van der Waals surface area contributed by atoms with E-state index in [1.165, 1.54) is 6.21 Å². The van der Waals surface area contributed by atoms with Gasteiger partial charge < -0.3 is 14.8 Å². The van der Waals surface area contributed by atoms with Gasteiger partial charge in [-0.25, -0.2) is 5.43 Å². The quantitative estimate of drug-likeness (QED) is 0.360. The number of carbonyl (C=O) groups excluding carboxylic acids is 2. The number of hydrazone groups is 1. The van der Waals surface area contributed by atoms with E-state index in [1.807, 2.05) is 48.5 Å². The third-order valence-corrected chi connectivity index (χ3v) is 4.04. The first-order valence-electron chi connectivity index (χ1n) is 9.19. The zero-order valence-corrected chi connectivity index (χ0v) is 16.4. The summed E-state index contributed by atoms with van der Waals surface area (Å²) in [5, 5.41) is 6.31. The molecule has 3 aromatic rings. The Hall–Kier alpha value is -4.13. The molecule has 152 valence electrons. The summed E-state index contributed by atoms with van der Waals surface area (Å²) in [5.41, 5.74) is 4.46. The first kappa shape index (κ1) is 20.6. The predicted octanol–water partition coefficient (Wildman–Crippen LogP) is 3.36. The van der Waals surface area contributed by atoms with Gasteiger partial charge in [-0.2, -0.15) is 5.10 Å². The molecule has 0 radical (unpaired) electrons. The smallest absolute Gasteiger partial charge is 0.329 e. The van der Waals surface area contributed by atoms with Gasteiger partial charge in [-0.1, -0.05) is 42.5 Å². The van der Waals surface area contributed by atoms with E-state index in [0.29, 0.717) is 23.8 Å². The summed E-state index contributed by atoms with van der Waals surface area (Å²) in [7, 11) is 1.55. The summed E-state index contributed by atoms with van der Waals surface area (Å²) < 4.78 is 10.8. The molecule has 30 heavy (non-hydrogen) atoms. The van der Waals surface area contributed by atoms with Crippen LogP contribution in [0, 0.1) is 0 Å². The molecule has 7 nitrogen and oxygen atoms in total. The van der Waals surface area contributed by atoms with Gasteiger partial charge in [0.15, 0.2) is 0 Å². The first-order chi connectivity index (χ1) is 14.6. The average Bonchev–Trinajstić information content (AvgIpc) is 2.79. The lowest BCUT2D eigenvalue weighted by atomic mass is 10.2. The summed E-state index contributed by atoms with van der Waals surface area (Å²) in [6.45, 7) is 0.448. The van der Waals surface area contributed by atoms with E-state index in [2.05, 4.69) is 15.8 Å². The molecule has 7 heteroatoms. The lowest BCUT2D eigenvalue weighted by Crippen LogP contribution is -2.32. The second-order valence-electron chi connectivity index (χ2n) is 6.23. The average molecular weight is 403 g/mol. The van der Waals surface area contributed by atoms with Crippen LogP contribution in [-0.4, -0.2) is 25.1 Å². The molecule has 0 atom stereocenters. The molecule has 0 saturated carbocycles. The third kappa shape index (κ3) is 6.20. The Bertz CT molecular complexity index is 1020. The zero-order valence-electron chi connectivity index (χ0n) is 16.4. The van der Waals surface area contributed by atoms with E-state index in [0.717, 1.165) is 11.1 Å². The lowest BCUT2D eigenvalue weighted by molar-refractivity contribution is -0.136. The second kappa shape index (κ2) is 10.4. The van der Waals surface area contributed by atoms with Gasteiger partial charge in [0.05, 0.1) is 13.3 Å². The Morgan fingerprint density at radius 3 is 2.40 bits per heavy atom. The molecule has 0 fully saturated rings. The van der Waals surface area contributed by atoms with Gasteiger partial charge in [0, 0.05) is 5.69 Å². The Labute approximate surface area is 174 Å². The van der Waals surface area contributed by atoms with Crippen LogP contribution in [-0.2, 0) is 16.2 Å². The van der Waals surface area contributed by atoms with Crippen molar-refractivity contribution in [3.8, 4) is 11.5 Å². The van der Waals surface area contributed by atoms with E-state index in [9.17, 15) is 9.59 Å². The molecular weight excluding hydrogens is 382 g/mol. The minimum Gasteiger partial charge on any atom is -0.497 e. The fourth-order valence-electron chi connectivity index (χ4n) is 2.50. The van der Waals surface area contributed by atoms with Crippen molar-refractivity contribution in [3.63, 3.8) is 0 Å². The molecule has 3 rings (SSSR count). The number of benzene rings is 3. The third-order valence-electron chi connectivity index (χ3n) is 4.04. The van der Waals surface area contributed by atoms with Crippen molar-refractivity contribution in [2.24, 2.45) is 5.10 Å². The number of amides is 2. The monoisotopic (exact) mass is 403 g/mol. The van der Waals surface area contributed by atoms with E-state index in [1.54, 1.807) is 37.4 Å². The first-order valence-corrected chi connectivity index (χ1v) is 9.19. The molecule has 0 unspecified atom stereocenters. The number of anilines is 1. The Morgan fingerprint density at radius 2 is 1.67 bits per heavy atom. The van der Waals surface area contributed by atoms with Crippen LogP contribution in [0.15, 0.2) is 84.0 Å². The van der Waals surface area contributed by atoms with Crippen LogP contribution < -0.4 is 20.2 Å². The number of rotatable bonds is 7. The summed E-state index contributed by atoms with van der Waals surface area (Å²) in [5.74, 6) is -0.376. The van der Waals surface area contributed by atoms with Crippen LogP contribution in [0.4, 0.5) is 5.69 Å². The number of nitrogens with zero attached hydrogens (tertiary/aromatic N) is 1. The fourth-order valence-corrected chi connectivity index (χ4v) is 2.50. The highest BCUT2D eigenvalue weighted by molar-refractivity contribution is 6.39. The standard InChI is InChI=1S/C23H21N3O4/c1-29-20-12-10-19(11-13-20)25-22(27)23(28)26-24-15-18-8-5-9-21(14-18)30-16-17-6-3-2-4-7-17/h2-15H,16H2,1H3,(H,25,27)(H,26,28)/b24-15-. The zero-order chi connectivity index (χ0) is 21.2. The van der Waals surface area contributed by atoms with E-state index < -0.39 is 11.8 Å². The van der Waals surface area contributed by atoms with Crippen molar-refractivity contribution in [3.05, 3.63) is 90.0 Å². The van der Waals surface area contributed by atoms with E-state index in [4.69, 9.17) is 9.47 Å². The molecule has 3 aromatic carbocycles. The van der Waals surface area contributed by atoms with Crippen LogP contribution in [0.2, 0.25) is 0 Å². The number of ether oxygens (including phenoxy) is 2. The maximum Gasteiger partial charge on any atom is 0.329 e. The predicted molar refractivity (Wildman–Crippen MR) is 115 cm³/mol. The van der Waals surface area contributed by atoms with Crippen molar-refractivity contribution in [1.82, 2.24) is 5.43 Å². The number of nitrogens with one attached hydrogen (secondary N) is 2. The molecule has 0 saturated heterocycles. The maximum atomic E-state index is 11.9. The highest BCUT2D eigenvalue weighted by Gasteiger charge is 2.12. The molecule has 0 bridgehead atoms. The summed E-state index contributed by atoms with van der Waals surface area (Å²) >= 11 is 0. The Morgan fingerprint density at radius 1 is 0.900 bits per heavy atom. The molecule has 2 N–H and O–H groups in total. The van der Waals surface area contributed by atoms with Gasteiger partial charge in [-0.15, -0.1) is 0 Å². The Kier molecular flexibility index (Phi) is 7.16. The van der Waals surface area contributed by atoms with Crippen molar-refractivity contribution >= 4 is 23.7 Å². The summed E-state index contributed by atoms with van der Waals surface area (Å²) in [6.07, 6.45) is 1.44. The number of hydrogen-bond acceptors (Lipinski definition) is 5. The topological polar surface area (TPSA) is 89.0 Å². The SMILES string of the molecule is COc1ccc(NC(=O)C(=O)N/N=C\c2cccc(OCc3ccccc3)c2)cc1. The van der Waals surface area contributed by atoms with Crippen LogP contribution >= 0.6 is 0 Å². The second-order valence-corrected chi connectivity index (χ2v) is 6.23. The number of carbonyl (C=O) groups is 2. The van der Waals surface area contributed by atoms with Gasteiger partial charge in [-0.3, -0.25) is 9.59 Å². The van der Waals surface area contributed by atoms with Gasteiger partial charge in [0.25, 0.3) is 0 Å². The maximum absolute atomic E-state index is 11.9. The van der Waals surface area contributed by atoms with Gasteiger partial charge in [0.2, 0.25) is 0 Å². The van der Waals surface area contributed by atoms with E-state index in [-0.39, 0.29) is 0 Å². The molecule has 0 heterocycles. The highest BCUT2D eigenvalue weighted by Crippen LogP contribution is 2.15. The van der Waals surface area contributed by atoms with Gasteiger partial charge >= 0.3 is 11.8 Å². The van der Waals surface area contributed by atoms with Crippen molar-refractivity contribution in [2.45, 2.75) is 6.61 Å². The normalized spacial score (nSPS) is 10.4. The van der Waals surface area contributed by atoms with Crippen molar-refractivity contribution in [2.75, 3.05) is 12.4 Å². The fraction of sp³-hybridized carbons (Fsp3) is 0.0870. The van der Waals surface area contributed by atoms with Crippen LogP contribution in [0.3, 0.4) is 0 Å². The van der Waals surface area contributed by atoms with Crippen molar-refractivity contribution in [1.29, 1.82) is 0 Å². The van der Waals surface area contributed by atoms with E-state index >= 15 is 0 Å². The lowest BCUT2D eigenvalue weighted by Gasteiger charge is -2.07. The summed E-state index contributed by atoms with van der Waals surface area (Å²) in [4.78, 5) is 23.8. The number of methoxy groups -OCH3 is 1. The molecule has 0 aromatic heterocycles. The summed E-state index contributed by atoms with van der Waals surface area (Å²) in [6, 6.07) is 23.7. The van der Waals surface area contributed by atoms with Gasteiger partial charge in [0.1, 0.15) is 18.1 Å². The molecule has 0 spiro atoms. The largest absolute Gasteiger partial charge is 0.497 e. The highest BCUT2D eigenvalue weighted by atomic mass is 16.5.